The first kappa shape index (κ1) is 16.6. The maximum absolute atomic E-state index is 12.5. The lowest BCUT2D eigenvalue weighted by Gasteiger charge is -2.36. The number of carbonyl (C=O) groups is 1. The number of hydrogen-bond donors (Lipinski definition) is 1. The van der Waals surface area contributed by atoms with Crippen molar-refractivity contribution >= 4 is 12.1 Å². The quantitative estimate of drug-likeness (QED) is 0.911. The molecule has 25 heavy (non-hydrogen) atoms. The number of hydrazone groups is 1. The molecule has 1 aliphatic carbocycles. The molecule has 1 unspecified atom stereocenters. The fraction of sp³-hybridized carbons (Fsp3) is 0.600. The second kappa shape index (κ2) is 7.16. The monoisotopic (exact) mass is 340 g/mol. The van der Waals surface area contributed by atoms with Crippen LogP contribution in [0.4, 0.5) is 0 Å². The maximum atomic E-state index is 12.5. The van der Waals surface area contributed by atoms with Crippen LogP contribution in [0.5, 0.6) is 0 Å². The largest absolute Gasteiger partial charge is 0.351 e. The van der Waals surface area contributed by atoms with Crippen LogP contribution < -0.4 is 5.32 Å². The molecule has 1 N–H and O–H groups in total. The first-order chi connectivity index (χ1) is 12.2. The average Bonchev–Trinajstić information content (AvgIpc) is 2.87. The molecule has 134 valence electrons. The van der Waals surface area contributed by atoms with Crippen LogP contribution in [0.15, 0.2) is 23.3 Å². The first-order valence-corrected chi connectivity index (χ1v) is 9.58. The van der Waals surface area contributed by atoms with Crippen molar-refractivity contribution in [3.63, 3.8) is 0 Å². The van der Waals surface area contributed by atoms with Gasteiger partial charge in [-0.1, -0.05) is 12.5 Å². The first-order valence-electron chi connectivity index (χ1n) is 9.58. The van der Waals surface area contributed by atoms with Crippen LogP contribution in [0, 0.1) is 5.92 Å². The van der Waals surface area contributed by atoms with E-state index in [0.717, 1.165) is 44.1 Å². The van der Waals surface area contributed by atoms with E-state index in [0.29, 0.717) is 12.5 Å². The summed E-state index contributed by atoms with van der Waals surface area (Å²) in [4.78, 5) is 15.2. The van der Waals surface area contributed by atoms with Crippen molar-refractivity contribution in [2.75, 3.05) is 33.2 Å². The van der Waals surface area contributed by atoms with E-state index in [9.17, 15) is 4.79 Å². The Morgan fingerprint density at radius 3 is 2.72 bits per heavy atom. The van der Waals surface area contributed by atoms with Gasteiger partial charge in [0.15, 0.2) is 0 Å². The van der Waals surface area contributed by atoms with Crippen molar-refractivity contribution in [2.45, 2.75) is 38.1 Å². The lowest BCUT2D eigenvalue weighted by Crippen LogP contribution is -2.41. The summed E-state index contributed by atoms with van der Waals surface area (Å²) in [6, 6.07) is 7.08. The zero-order valence-electron chi connectivity index (χ0n) is 15.1. The van der Waals surface area contributed by atoms with Crippen LogP contribution in [0.25, 0.3) is 0 Å². The molecule has 5 heteroatoms. The van der Waals surface area contributed by atoms with Crippen LogP contribution in [-0.4, -0.2) is 61.3 Å². The van der Waals surface area contributed by atoms with E-state index in [1.54, 1.807) is 0 Å². The van der Waals surface area contributed by atoms with Gasteiger partial charge in [-0.2, -0.15) is 5.10 Å². The molecule has 2 aliphatic heterocycles. The van der Waals surface area contributed by atoms with E-state index in [-0.39, 0.29) is 5.91 Å². The van der Waals surface area contributed by atoms with Crippen LogP contribution in [0.2, 0.25) is 0 Å². The Labute approximate surface area is 150 Å². The lowest BCUT2D eigenvalue weighted by atomic mass is 9.91. The molecule has 1 amide bonds. The number of amides is 1. The third-order valence-electron chi connectivity index (χ3n) is 5.89. The summed E-state index contributed by atoms with van der Waals surface area (Å²) < 4.78 is 0. The van der Waals surface area contributed by atoms with Gasteiger partial charge >= 0.3 is 0 Å². The van der Waals surface area contributed by atoms with Gasteiger partial charge in [0.2, 0.25) is 0 Å². The topological polar surface area (TPSA) is 47.9 Å². The van der Waals surface area contributed by atoms with Crippen molar-refractivity contribution in [2.24, 2.45) is 11.0 Å². The highest BCUT2D eigenvalue weighted by molar-refractivity contribution is 5.94. The Morgan fingerprint density at radius 1 is 1.24 bits per heavy atom. The smallest absolute Gasteiger partial charge is 0.251 e. The summed E-state index contributed by atoms with van der Waals surface area (Å²) in [7, 11) is 1.96. The highest BCUT2D eigenvalue weighted by Gasteiger charge is 2.26. The van der Waals surface area contributed by atoms with Crippen molar-refractivity contribution in [3.05, 3.63) is 34.9 Å². The lowest BCUT2D eigenvalue weighted by molar-refractivity contribution is 0.0950. The molecule has 0 aromatic heterocycles. The second-order valence-electron chi connectivity index (χ2n) is 7.68. The number of benzene rings is 1. The van der Waals surface area contributed by atoms with Gasteiger partial charge in [0.25, 0.3) is 5.91 Å². The summed E-state index contributed by atoms with van der Waals surface area (Å²) in [6.45, 7) is 3.83. The molecule has 5 nitrogen and oxygen atoms in total. The van der Waals surface area contributed by atoms with Gasteiger partial charge in [0, 0.05) is 57.0 Å². The van der Waals surface area contributed by atoms with Crippen molar-refractivity contribution in [1.82, 2.24) is 15.2 Å². The highest BCUT2D eigenvalue weighted by Crippen LogP contribution is 2.27. The Morgan fingerprint density at radius 2 is 2.04 bits per heavy atom. The van der Waals surface area contributed by atoms with Crippen LogP contribution >= 0.6 is 0 Å². The maximum Gasteiger partial charge on any atom is 0.251 e. The summed E-state index contributed by atoms with van der Waals surface area (Å²) in [5.41, 5.74) is 3.57. The number of hydrogen-bond acceptors (Lipinski definition) is 4. The summed E-state index contributed by atoms with van der Waals surface area (Å²) in [6.07, 6.45) is 8.21. The number of fused-ring (bicyclic) bond motifs is 1. The van der Waals surface area contributed by atoms with Gasteiger partial charge in [0.05, 0.1) is 0 Å². The number of carbonyl (C=O) groups excluding carboxylic acids is 1. The zero-order chi connectivity index (χ0) is 17.2. The Hall–Kier alpha value is -1.88. The normalized spacial score (nSPS) is 23.9. The molecule has 2 heterocycles. The molecular weight excluding hydrogens is 312 g/mol. The standard InChI is InChI=1S/C20H28N4O/c1-23-14-15(13-22-23)12-21-20(25)18-6-5-16-7-9-24(19-3-2-4-19)10-8-17(16)11-18/h5-6,11,13,15,19H,2-4,7-10,12,14H2,1H3,(H,21,25). The fourth-order valence-corrected chi connectivity index (χ4v) is 4.09. The van der Waals surface area contributed by atoms with E-state index < -0.39 is 0 Å². The SMILES string of the molecule is CN1CC(CNC(=O)c2ccc3c(c2)CCN(C2CCC2)CC3)C=N1. The third kappa shape index (κ3) is 3.71. The molecule has 1 aromatic carbocycles. The van der Waals surface area contributed by atoms with Crippen LogP contribution in [-0.2, 0) is 12.8 Å². The Bertz CT molecular complexity index is 668. The number of rotatable bonds is 4. The molecule has 1 fully saturated rings. The Kier molecular flexibility index (Phi) is 4.75. The van der Waals surface area contributed by atoms with Crippen LogP contribution in [0.3, 0.4) is 0 Å². The second-order valence-corrected chi connectivity index (χ2v) is 7.68. The molecule has 1 atom stereocenters. The summed E-state index contributed by atoms with van der Waals surface area (Å²) in [5.74, 6) is 0.344. The van der Waals surface area contributed by atoms with Crippen molar-refractivity contribution < 1.29 is 4.79 Å². The van der Waals surface area contributed by atoms with E-state index in [4.69, 9.17) is 0 Å². The molecule has 1 aromatic rings. The Balaban J connectivity index is 1.36. The van der Waals surface area contributed by atoms with E-state index >= 15 is 0 Å². The minimum absolute atomic E-state index is 0.0332. The van der Waals surface area contributed by atoms with Crippen LogP contribution in [0.1, 0.15) is 40.7 Å². The van der Waals surface area contributed by atoms with Crippen molar-refractivity contribution in [1.29, 1.82) is 0 Å². The van der Waals surface area contributed by atoms with E-state index in [2.05, 4.69) is 27.5 Å². The van der Waals surface area contributed by atoms with Crippen molar-refractivity contribution in [3.8, 4) is 0 Å². The average molecular weight is 340 g/mol. The molecule has 0 radical (unpaired) electrons. The van der Waals surface area contributed by atoms with Gasteiger partial charge in [-0.25, -0.2) is 0 Å². The highest BCUT2D eigenvalue weighted by atomic mass is 16.1. The van der Waals surface area contributed by atoms with Gasteiger partial charge in [-0.3, -0.25) is 14.7 Å². The molecule has 4 rings (SSSR count). The number of nitrogens with one attached hydrogen (secondary N) is 1. The molecule has 3 aliphatic rings. The minimum atomic E-state index is 0.0332. The zero-order valence-corrected chi connectivity index (χ0v) is 15.1. The van der Waals surface area contributed by atoms with Gasteiger partial charge in [-0.15, -0.1) is 0 Å². The van der Waals surface area contributed by atoms with E-state index in [1.807, 2.05) is 24.3 Å². The molecule has 0 bridgehead atoms. The summed E-state index contributed by atoms with van der Waals surface area (Å²) in [5, 5.41) is 9.19. The van der Waals surface area contributed by atoms with Gasteiger partial charge < -0.3 is 5.32 Å². The minimum Gasteiger partial charge on any atom is -0.351 e. The van der Waals surface area contributed by atoms with Gasteiger partial charge in [-0.05, 0) is 48.9 Å². The van der Waals surface area contributed by atoms with Gasteiger partial charge in [0.1, 0.15) is 0 Å². The molecule has 1 saturated carbocycles. The number of nitrogens with zero attached hydrogens (tertiary/aromatic N) is 3. The fourth-order valence-electron chi connectivity index (χ4n) is 4.09. The third-order valence-corrected chi connectivity index (χ3v) is 5.89. The predicted octanol–water partition coefficient (Wildman–Crippen LogP) is 1.92. The predicted molar refractivity (Wildman–Crippen MR) is 100 cm³/mol. The molecule has 0 saturated heterocycles. The molecule has 0 spiro atoms. The summed E-state index contributed by atoms with van der Waals surface area (Å²) >= 11 is 0. The molecular formula is C20H28N4O. The van der Waals surface area contributed by atoms with E-state index in [1.165, 1.54) is 30.4 Å².